The molecule has 1 aromatic carbocycles. The monoisotopic (exact) mass is 296 g/mol. The van der Waals surface area contributed by atoms with Crippen molar-refractivity contribution in [2.24, 2.45) is 0 Å². The number of hydrogen-bond acceptors (Lipinski definition) is 3. The standard InChI is InChI=1S/C11H15F3N2O2S/c1-7(2)15-3-4-16-19(17,18)11-9(13)5-8(12)6-10(11)14/h5-7,15-16H,3-4H2,1-2H3. The molecular formula is C11H15F3N2O2S. The third-order valence-corrected chi connectivity index (χ3v) is 3.71. The molecule has 8 heteroatoms. The van der Waals surface area contributed by atoms with Gasteiger partial charge < -0.3 is 5.32 Å². The zero-order valence-corrected chi connectivity index (χ0v) is 11.3. The van der Waals surface area contributed by atoms with Crippen LogP contribution in [0.15, 0.2) is 17.0 Å². The average molecular weight is 296 g/mol. The van der Waals surface area contributed by atoms with Gasteiger partial charge in [0.25, 0.3) is 0 Å². The van der Waals surface area contributed by atoms with E-state index in [0.717, 1.165) is 0 Å². The summed E-state index contributed by atoms with van der Waals surface area (Å²) < 4.78 is 64.8. The Hall–Kier alpha value is -1.12. The van der Waals surface area contributed by atoms with Crippen LogP contribution in [0.2, 0.25) is 0 Å². The van der Waals surface area contributed by atoms with Crippen molar-refractivity contribution in [3.63, 3.8) is 0 Å². The second-order valence-corrected chi connectivity index (χ2v) is 5.91. The Morgan fingerprint density at radius 2 is 1.63 bits per heavy atom. The first-order valence-electron chi connectivity index (χ1n) is 5.61. The van der Waals surface area contributed by atoms with E-state index in [4.69, 9.17) is 0 Å². The van der Waals surface area contributed by atoms with Gasteiger partial charge in [0.15, 0.2) is 4.90 Å². The van der Waals surface area contributed by atoms with Crippen LogP contribution in [0.1, 0.15) is 13.8 Å². The maximum absolute atomic E-state index is 13.3. The summed E-state index contributed by atoms with van der Waals surface area (Å²) in [5, 5.41) is 2.93. The van der Waals surface area contributed by atoms with Crippen LogP contribution >= 0.6 is 0 Å². The van der Waals surface area contributed by atoms with Crippen LogP contribution in [0, 0.1) is 17.5 Å². The van der Waals surface area contributed by atoms with Crippen LogP contribution in [0.5, 0.6) is 0 Å². The fourth-order valence-corrected chi connectivity index (χ4v) is 2.55. The minimum atomic E-state index is -4.34. The predicted octanol–water partition coefficient (Wildman–Crippen LogP) is 1.38. The highest BCUT2D eigenvalue weighted by molar-refractivity contribution is 7.89. The Labute approximate surface area is 110 Å². The van der Waals surface area contributed by atoms with Gasteiger partial charge in [0.1, 0.15) is 17.5 Å². The largest absolute Gasteiger partial charge is 0.313 e. The van der Waals surface area contributed by atoms with Gasteiger partial charge in [-0.2, -0.15) is 0 Å². The summed E-state index contributed by atoms with van der Waals surface area (Å²) >= 11 is 0. The molecule has 0 aliphatic heterocycles. The van der Waals surface area contributed by atoms with Crippen molar-refractivity contribution in [1.29, 1.82) is 0 Å². The summed E-state index contributed by atoms with van der Waals surface area (Å²) in [6, 6.07) is 0.803. The van der Waals surface area contributed by atoms with Gasteiger partial charge in [-0.05, 0) is 0 Å². The quantitative estimate of drug-likeness (QED) is 0.780. The van der Waals surface area contributed by atoms with E-state index in [0.29, 0.717) is 18.7 Å². The summed E-state index contributed by atoms with van der Waals surface area (Å²) in [4.78, 5) is -1.17. The highest BCUT2D eigenvalue weighted by Crippen LogP contribution is 2.19. The first-order chi connectivity index (χ1) is 8.74. The topological polar surface area (TPSA) is 58.2 Å². The summed E-state index contributed by atoms with van der Waals surface area (Å²) in [7, 11) is -4.34. The van der Waals surface area contributed by atoms with Crippen molar-refractivity contribution in [3.05, 3.63) is 29.6 Å². The highest BCUT2D eigenvalue weighted by Gasteiger charge is 2.24. The van der Waals surface area contributed by atoms with Gasteiger partial charge >= 0.3 is 0 Å². The summed E-state index contributed by atoms with van der Waals surface area (Å²) in [6.07, 6.45) is 0. The minimum Gasteiger partial charge on any atom is -0.313 e. The minimum absolute atomic E-state index is 0.0310. The van der Waals surface area contributed by atoms with Gasteiger partial charge in [-0.1, -0.05) is 13.8 Å². The normalized spacial score (nSPS) is 12.1. The van der Waals surface area contributed by atoms with E-state index < -0.39 is 32.4 Å². The highest BCUT2D eigenvalue weighted by atomic mass is 32.2. The lowest BCUT2D eigenvalue weighted by Crippen LogP contribution is -2.35. The average Bonchev–Trinajstić information content (AvgIpc) is 2.22. The van der Waals surface area contributed by atoms with Crippen molar-refractivity contribution in [2.45, 2.75) is 24.8 Å². The molecule has 1 rings (SSSR count). The van der Waals surface area contributed by atoms with E-state index in [1.54, 1.807) is 0 Å². The molecule has 108 valence electrons. The van der Waals surface area contributed by atoms with E-state index in [1.807, 2.05) is 18.6 Å². The van der Waals surface area contributed by atoms with E-state index in [1.165, 1.54) is 0 Å². The van der Waals surface area contributed by atoms with Gasteiger partial charge in [-0.3, -0.25) is 0 Å². The zero-order valence-electron chi connectivity index (χ0n) is 10.5. The van der Waals surface area contributed by atoms with Crippen molar-refractivity contribution in [1.82, 2.24) is 10.0 Å². The molecule has 0 radical (unpaired) electrons. The van der Waals surface area contributed by atoms with Gasteiger partial charge in [0.2, 0.25) is 10.0 Å². The maximum atomic E-state index is 13.3. The van der Waals surface area contributed by atoms with E-state index in [-0.39, 0.29) is 12.6 Å². The smallest absolute Gasteiger partial charge is 0.246 e. The SMILES string of the molecule is CC(C)NCCNS(=O)(=O)c1c(F)cc(F)cc1F. The molecular weight excluding hydrogens is 281 g/mol. The molecule has 0 amide bonds. The van der Waals surface area contributed by atoms with Gasteiger partial charge in [-0.15, -0.1) is 0 Å². The molecule has 4 nitrogen and oxygen atoms in total. The number of rotatable bonds is 6. The molecule has 2 N–H and O–H groups in total. The van der Waals surface area contributed by atoms with Crippen molar-refractivity contribution in [2.75, 3.05) is 13.1 Å². The van der Waals surface area contributed by atoms with E-state index >= 15 is 0 Å². The van der Waals surface area contributed by atoms with Crippen LogP contribution in [0.4, 0.5) is 13.2 Å². The Balaban J connectivity index is 2.84. The van der Waals surface area contributed by atoms with Gasteiger partial charge in [0.05, 0.1) is 0 Å². The molecule has 0 saturated carbocycles. The second kappa shape index (κ2) is 6.36. The van der Waals surface area contributed by atoms with Crippen LogP contribution in [0.25, 0.3) is 0 Å². The molecule has 1 aromatic rings. The van der Waals surface area contributed by atoms with Crippen molar-refractivity contribution in [3.8, 4) is 0 Å². The molecule has 0 unspecified atom stereocenters. The molecule has 0 bridgehead atoms. The number of sulfonamides is 1. The fourth-order valence-electron chi connectivity index (χ4n) is 1.40. The van der Waals surface area contributed by atoms with Crippen molar-refractivity contribution < 1.29 is 21.6 Å². The summed E-state index contributed by atoms with van der Waals surface area (Å²) in [6.45, 7) is 4.01. The third kappa shape index (κ3) is 4.48. The van der Waals surface area contributed by atoms with Crippen LogP contribution in [-0.4, -0.2) is 27.5 Å². The molecule has 0 saturated heterocycles. The molecule has 0 aromatic heterocycles. The van der Waals surface area contributed by atoms with E-state index in [2.05, 4.69) is 5.32 Å². The fraction of sp³-hybridized carbons (Fsp3) is 0.455. The lowest BCUT2D eigenvalue weighted by atomic mass is 10.3. The maximum Gasteiger partial charge on any atom is 0.246 e. The first kappa shape index (κ1) is 15.9. The third-order valence-electron chi connectivity index (χ3n) is 2.20. The molecule has 0 atom stereocenters. The number of halogens is 3. The lowest BCUT2D eigenvalue weighted by Gasteiger charge is -2.10. The molecule has 0 aliphatic carbocycles. The first-order valence-corrected chi connectivity index (χ1v) is 7.10. The van der Waals surface area contributed by atoms with Crippen LogP contribution in [-0.2, 0) is 10.0 Å². The Kier molecular flexibility index (Phi) is 5.33. The lowest BCUT2D eigenvalue weighted by molar-refractivity contribution is 0.492. The number of nitrogens with one attached hydrogen (secondary N) is 2. The molecule has 0 aliphatic rings. The van der Waals surface area contributed by atoms with E-state index in [9.17, 15) is 21.6 Å². The molecule has 0 fully saturated rings. The second-order valence-electron chi connectivity index (χ2n) is 4.21. The van der Waals surface area contributed by atoms with Gasteiger partial charge in [-0.25, -0.2) is 26.3 Å². The summed E-state index contributed by atoms with van der Waals surface area (Å²) in [5.41, 5.74) is 0. The van der Waals surface area contributed by atoms with Crippen molar-refractivity contribution >= 4 is 10.0 Å². The Morgan fingerprint density at radius 3 is 2.11 bits per heavy atom. The number of benzene rings is 1. The summed E-state index contributed by atoms with van der Waals surface area (Å²) in [5.74, 6) is -4.08. The molecule has 19 heavy (non-hydrogen) atoms. The molecule has 0 spiro atoms. The zero-order chi connectivity index (χ0) is 14.6. The van der Waals surface area contributed by atoms with Crippen LogP contribution in [0.3, 0.4) is 0 Å². The van der Waals surface area contributed by atoms with Gasteiger partial charge in [0, 0.05) is 31.3 Å². The Bertz CT molecular complexity index is 524. The number of hydrogen-bond donors (Lipinski definition) is 2. The Morgan fingerprint density at radius 1 is 1.11 bits per heavy atom. The van der Waals surface area contributed by atoms with Crippen LogP contribution < -0.4 is 10.0 Å². The predicted molar refractivity (Wildman–Crippen MR) is 64.6 cm³/mol. The molecule has 0 heterocycles.